The van der Waals surface area contributed by atoms with E-state index in [1.165, 1.54) is 5.56 Å². The summed E-state index contributed by atoms with van der Waals surface area (Å²) >= 11 is 0. The molecule has 0 aliphatic carbocycles. The van der Waals surface area contributed by atoms with Crippen LogP contribution in [0.1, 0.15) is 44.2 Å². The molecule has 2 aliphatic rings. The molecule has 1 aromatic carbocycles. The standard InChI is InChI=1S/C21H31N3O2.ClH/c1-3-15(2)20(25)24-14-18-7-5-4-6-17(18)12-19(24)21(26)23-10-8-16(13-22)9-11-23;/h4-7,15-16,19H,3,8-14,22H2,1-2H3;1H. The Morgan fingerprint density at radius 1 is 1.19 bits per heavy atom. The molecular formula is C21H32ClN3O2. The highest BCUT2D eigenvalue weighted by Crippen LogP contribution is 2.28. The molecule has 150 valence electrons. The monoisotopic (exact) mass is 393 g/mol. The van der Waals surface area contributed by atoms with Crippen LogP contribution in [0.2, 0.25) is 0 Å². The third-order valence-electron chi connectivity index (χ3n) is 6.11. The Hall–Kier alpha value is -1.59. The topological polar surface area (TPSA) is 66.6 Å². The van der Waals surface area contributed by atoms with Gasteiger partial charge in [0, 0.05) is 32.0 Å². The predicted octanol–water partition coefficient (Wildman–Crippen LogP) is 2.61. The first kappa shape index (κ1) is 21.7. The van der Waals surface area contributed by atoms with Crippen molar-refractivity contribution in [3.05, 3.63) is 35.4 Å². The smallest absolute Gasteiger partial charge is 0.245 e. The van der Waals surface area contributed by atoms with E-state index in [1.807, 2.05) is 35.8 Å². The Morgan fingerprint density at radius 3 is 2.41 bits per heavy atom. The summed E-state index contributed by atoms with van der Waals surface area (Å²) in [4.78, 5) is 30.0. The number of hydrogen-bond acceptors (Lipinski definition) is 3. The number of hydrogen-bond donors (Lipinski definition) is 1. The van der Waals surface area contributed by atoms with Gasteiger partial charge in [-0.3, -0.25) is 9.59 Å². The summed E-state index contributed by atoms with van der Waals surface area (Å²) in [5, 5.41) is 0. The number of fused-ring (bicyclic) bond motifs is 1. The average Bonchev–Trinajstić information content (AvgIpc) is 2.71. The van der Waals surface area contributed by atoms with E-state index in [4.69, 9.17) is 5.73 Å². The van der Waals surface area contributed by atoms with Gasteiger partial charge in [-0.2, -0.15) is 0 Å². The molecule has 2 atom stereocenters. The molecule has 0 aromatic heterocycles. The molecule has 0 radical (unpaired) electrons. The van der Waals surface area contributed by atoms with Gasteiger partial charge in [-0.05, 0) is 42.9 Å². The van der Waals surface area contributed by atoms with Gasteiger partial charge in [0.25, 0.3) is 0 Å². The van der Waals surface area contributed by atoms with Crippen LogP contribution in [0.4, 0.5) is 0 Å². The Bertz CT molecular complexity index is 659. The zero-order valence-corrected chi connectivity index (χ0v) is 17.2. The quantitative estimate of drug-likeness (QED) is 0.854. The maximum Gasteiger partial charge on any atom is 0.245 e. The summed E-state index contributed by atoms with van der Waals surface area (Å²) in [7, 11) is 0. The minimum atomic E-state index is -0.374. The maximum absolute atomic E-state index is 13.3. The molecule has 2 heterocycles. The fraction of sp³-hybridized carbons (Fsp3) is 0.619. The van der Waals surface area contributed by atoms with Crippen LogP contribution in [0.15, 0.2) is 24.3 Å². The lowest BCUT2D eigenvalue weighted by molar-refractivity contribution is -0.150. The fourth-order valence-corrected chi connectivity index (χ4v) is 4.03. The average molecular weight is 394 g/mol. The minimum absolute atomic E-state index is 0. The second-order valence-electron chi connectivity index (χ2n) is 7.77. The van der Waals surface area contributed by atoms with Crippen molar-refractivity contribution in [2.24, 2.45) is 17.6 Å². The first-order valence-corrected chi connectivity index (χ1v) is 9.91. The second kappa shape index (κ2) is 9.56. The third-order valence-corrected chi connectivity index (χ3v) is 6.11. The maximum atomic E-state index is 13.3. The SMILES string of the molecule is CCC(C)C(=O)N1Cc2ccccc2CC1C(=O)N1CCC(CN)CC1.Cl. The number of likely N-dealkylation sites (tertiary alicyclic amines) is 1. The number of nitrogens with zero attached hydrogens (tertiary/aromatic N) is 2. The highest BCUT2D eigenvalue weighted by molar-refractivity contribution is 5.89. The Kier molecular flexibility index (Phi) is 7.68. The van der Waals surface area contributed by atoms with E-state index in [9.17, 15) is 9.59 Å². The van der Waals surface area contributed by atoms with Gasteiger partial charge >= 0.3 is 0 Å². The molecule has 0 saturated carbocycles. The van der Waals surface area contributed by atoms with E-state index >= 15 is 0 Å². The zero-order chi connectivity index (χ0) is 18.7. The molecule has 2 unspecified atom stereocenters. The van der Waals surface area contributed by atoms with Crippen molar-refractivity contribution >= 4 is 24.2 Å². The summed E-state index contributed by atoms with van der Waals surface area (Å²) in [6, 6.07) is 7.80. The van der Waals surface area contributed by atoms with E-state index in [0.29, 0.717) is 25.4 Å². The van der Waals surface area contributed by atoms with Crippen molar-refractivity contribution < 1.29 is 9.59 Å². The molecule has 2 N–H and O–H groups in total. The van der Waals surface area contributed by atoms with Gasteiger partial charge < -0.3 is 15.5 Å². The Morgan fingerprint density at radius 2 is 1.81 bits per heavy atom. The number of piperidine rings is 1. The summed E-state index contributed by atoms with van der Waals surface area (Å²) in [6.45, 7) is 6.72. The second-order valence-corrected chi connectivity index (χ2v) is 7.77. The minimum Gasteiger partial charge on any atom is -0.341 e. The van der Waals surface area contributed by atoms with Crippen LogP contribution < -0.4 is 5.73 Å². The lowest BCUT2D eigenvalue weighted by Gasteiger charge is -2.41. The molecular weight excluding hydrogens is 362 g/mol. The molecule has 27 heavy (non-hydrogen) atoms. The van der Waals surface area contributed by atoms with Crippen LogP contribution in [-0.2, 0) is 22.6 Å². The number of halogens is 1. The first-order valence-electron chi connectivity index (χ1n) is 9.91. The van der Waals surface area contributed by atoms with Crippen LogP contribution in [0.5, 0.6) is 0 Å². The van der Waals surface area contributed by atoms with Crippen molar-refractivity contribution in [2.45, 2.75) is 52.1 Å². The van der Waals surface area contributed by atoms with E-state index in [2.05, 4.69) is 12.1 Å². The van der Waals surface area contributed by atoms with E-state index < -0.39 is 0 Å². The van der Waals surface area contributed by atoms with Crippen LogP contribution in [0.3, 0.4) is 0 Å². The Balaban J connectivity index is 0.00000261. The number of nitrogens with two attached hydrogens (primary N) is 1. The largest absolute Gasteiger partial charge is 0.341 e. The van der Waals surface area contributed by atoms with E-state index in [1.54, 1.807) is 0 Å². The summed E-state index contributed by atoms with van der Waals surface area (Å²) in [6.07, 6.45) is 3.34. The number of carbonyl (C=O) groups is 2. The summed E-state index contributed by atoms with van der Waals surface area (Å²) in [5.41, 5.74) is 8.13. The van der Waals surface area contributed by atoms with Crippen molar-refractivity contribution in [1.29, 1.82) is 0 Å². The zero-order valence-electron chi connectivity index (χ0n) is 16.4. The number of benzene rings is 1. The van der Waals surface area contributed by atoms with Gasteiger partial charge in [-0.25, -0.2) is 0 Å². The molecule has 3 rings (SSSR count). The normalized spacial score (nSPS) is 21.2. The molecule has 0 bridgehead atoms. The van der Waals surface area contributed by atoms with Crippen molar-refractivity contribution in [3.63, 3.8) is 0 Å². The van der Waals surface area contributed by atoms with Gasteiger partial charge in [0.1, 0.15) is 6.04 Å². The van der Waals surface area contributed by atoms with Crippen LogP contribution in [0.25, 0.3) is 0 Å². The molecule has 2 aliphatic heterocycles. The van der Waals surface area contributed by atoms with Crippen LogP contribution >= 0.6 is 12.4 Å². The predicted molar refractivity (Wildman–Crippen MR) is 110 cm³/mol. The third kappa shape index (κ3) is 4.64. The van der Waals surface area contributed by atoms with Gasteiger partial charge in [0.05, 0.1) is 0 Å². The van der Waals surface area contributed by atoms with E-state index in [0.717, 1.165) is 37.9 Å². The number of amides is 2. The lowest BCUT2D eigenvalue weighted by Crippen LogP contribution is -2.56. The molecule has 1 saturated heterocycles. The van der Waals surface area contributed by atoms with Crippen molar-refractivity contribution in [1.82, 2.24) is 9.80 Å². The fourth-order valence-electron chi connectivity index (χ4n) is 4.03. The van der Waals surface area contributed by atoms with Gasteiger partial charge in [-0.1, -0.05) is 38.1 Å². The van der Waals surface area contributed by atoms with Gasteiger partial charge in [-0.15, -0.1) is 12.4 Å². The highest BCUT2D eigenvalue weighted by Gasteiger charge is 2.38. The van der Waals surface area contributed by atoms with Crippen molar-refractivity contribution in [2.75, 3.05) is 19.6 Å². The van der Waals surface area contributed by atoms with Gasteiger partial charge in [0.2, 0.25) is 11.8 Å². The van der Waals surface area contributed by atoms with Gasteiger partial charge in [0.15, 0.2) is 0 Å². The van der Waals surface area contributed by atoms with Crippen LogP contribution in [0, 0.1) is 11.8 Å². The molecule has 1 fully saturated rings. The Labute approximate surface area is 168 Å². The van der Waals surface area contributed by atoms with Crippen LogP contribution in [-0.4, -0.2) is 47.3 Å². The summed E-state index contributed by atoms with van der Waals surface area (Å²) in [5.74, 6) is 0.659. The first-order chi connectivity index (χ1) is 12.5. The molecule has 2 amide bonds. The lowest BCUT2D eigenvalue weighted by atomic mass is 9.90. The summed E-state index contributed by atoms with van der Waals surface area (Å²) < 4.78 is 0. The molecule has 5 nitrogen and oxygen atoms in total. The van der Waals surface area contributed by atoms with Crippen molar-refractivity contribution in [3.8, 4) is 0 Å². The number of carbonyl (C=O) groups excluding carboxylic acids is 2. The molecule has 1 aromatic rings. The highest BCUT2D eigenvalue weighted by atomic mass is 35.5. The van der Waals surface area contributed by atoms with E-state index in [-0.39, 0.29) is 36.2 Å². The molecule has 6 heteroatoms. The molecule has 0 spiro atoms. The number of rotatable bonds is 4.